The van der Waals surface area contributed by atoms with Crippen LogP contribution in [0.15, 0.2) is 4.42 Å². The second-order valence-electron chi connectivity index (χ2n) is 5.09. The maximum atomic E-state index is 5.58. The fraction of sp³-hybridized carbons (Fsp3) is 0.818. The first kappa shape index (κ1) is 13.3. The second kappa shape index (κ2) is 5.53. The van der Waals surface area contributed by atoms with E-state index in [0.29, 0.717) is 30.1 Å². The number of hydrogen-bond acceptors (Lipinski definition) is 4. The molecular weight excluding hydrogens is 226 g/mol. The SMILES string of the molecule is CC(CNc1nnc(CCCl)o1)C(C)(C)C. The highest BCUT2D eigenvalue weighted by molar-refractivity contribution is 6.17. The molecule has 4 nitrogen and oxygen atoms in total. The van der Waals surface area contributed by atoms with Crippen molar-refractivity contribution in [2.24, 2.45) is 11.3 Å². The largest absolute Gasteiger partial charge is 0.408 e. The van der Waals surface area contributed by atoms with Gasteiger partial charge in [-0.1, -0.05) is 32.8 Å². The van der Waals surface area contributed by atoms with Crippen molar-refractivity contribution in [3.63, 3.8) is 0 Å². The predicted molar refractivity (Wildman–Crippen MR) is 65.8 cm³/mol. The van der Waals surface area contributed by atoms with Crippen LogP contribution >= 0.6 is 11.6 Å². The van der Waals surface area contributed by atoms with Crippen molar-refractivity contribution in [3.8, 4) is 0 Å². The van der Waals surface area contributed by atoms with E-state index >= 15 is 0 Å². The van der Waals surface area contributed by atoms with E-state index in [-0.39, 0.29) is 5.41 Å². The Bertz CT molecular complexity index is 319. The predicted octanol–water partition coefficient (Wildman–Crippen LogP) is 2.95. The smallest absolute Gasteiger partial charge is 0.315 e. The zero-order valence-corrected chi connectivity index (χ0v) is 11.1. The second-order valence-corrected chi connectivity index (χ2v) is 5.47. The third-order valence-electron chi connectivity index (χ3n) is 2.81. The third kappa shape index (κ3) is 4.00. The standard InChI is InChI=1S/C11H20ClN3O/c1-8(11(2,3)4)7-13-10-15-14-9(16-10)5-6-12/h8H,5-7H2,1-4H3,(H,13,15). The summed E-state index contributed by atoms with van der Waals surface area (Å²) in [5.41, 5.74) is 0.270. The van der Waals surface area contributed by atoms with Gasteiger partial charge in [0.05, 0.1) is 0 Å². The van der Waals surface area contributed by atoms with Crippen LogP contribution in [0, 0.1) is 11.3 Å². The van der Waals surface area contributed by atoms with Crippen LogP contribution in [0.1, 0.15) is 33.6 Å². The molecule has 0 saturated carbocycles. The number of anilines is 1. The Labute approximate surface area is 102 Å². The first-order valence-corrected chi connectivity index (χ1v) is 6.09. The van der Waals surface area contributed by atoms with E-state index in [9.17, 15) is 0 Å². The molecule has 1 unspecified atom stereocenters. The van der Waals surface area contributed by atoms with Gasteiger partial charge in [-0.05, 0) is 11.3 Å². The lowest BCUT2D eigenvalue weighted by molar-refractivity contribution is 0.273. The first-order valence-electron chi connectivity index (χ1n) is 5.55. The first-order chi connectivity index (χ1) is 7.43. The number of nitrogens with one attached hydrogen (secondary N) is 1. The number of nitrogens with zero attached hydrogens (tertiary/aromatic N) is 2. The van der Waals surface area contributed by atoms with Gasteiger partial charge in [0.1, 0.15) is 0 Å². The van der Waals surface area contributed by atoms with Crippen LogP contribution in [-0.2, 0) is 6.42 Å². The van der Waals surface area contributed by atoms with Crippen LogP contribution < -0.4 is 5.32 Å². The Morgan fingerprint density at radius 2 is 2.06 bits per heavy atom. The van der Waals surface area contributed by atoms with Gasteiger partial charge in [-0.3, -0.25) is 0 Å². The van der Waals surface area contributed by atoms with Crippen LogP contribution in [-0.4, -0.2) is 22.6 Å². The van der Waals surface area contributed by atoms with Crippen LogP contribution in [0.4, 0.5) is 6.01 Å². The van der Waals surface area contributed by atoms with Gasteiger partial charge >= 0.3 is 6.01 Å². The van der Waals surface area contributed by atoms with Gasteiger partial charge in [0.2, 0.25) is 5.89 Å². The van der Waals surface area contributed by atoms with Crippen molar-refractivity contribution < 1.29 is 4.42 Å². The molecule has 1 rings (SSSR count). The summed E-state index contributed by atoms with van der Waals surface area (Å²) in [6, 6.07) is 0.483. The number of hydrogen-bond donors (Lipinski definition) is 1. The highest BCUT2D eigenvalue weighted by Gasteiger charge is 2.20. The molecule has 92 valence electrons. The molecule has 0 amide bonds. The van der Waals surface area contributed by atoms with E-state index in [1.807, 2.05) is 0 Å². The number of aromatic nitrogens is 2. The molecule has 1 N–H and O–H groups in total. The summed E-state index contributed by atoms with van der Waals surface area (Å²) in [7, 11) is 0. The van der Waals surface area contributed by atoms with E-state index in [1.165, 1.54) is 0 Å². The van der Waals surface area contributed by atoms with Gasteiger partial charge in [-0.15, -0.1) is 16.7 Å². The molecule has 0 bridgehead atoms. The van der Waals surface area contributed by atoms with Crippen molar-refractivity contribution in [3.05, 3.63) is 5.89 Å². The maximum absolute atomic E-state index is 5.58. The van der Waals surface area contributed by atoms with E-state index in [1.54, 1.807) is 0 Å². The highest BCUT2D eigenvalue weighted by atomic mass is 35.5. The molecule has 0 radical (unpaired) electrons. The lowest BCUT2D eigenvalue weighted by Gasteiger charge is -2.26. The van der Waals surface area contributed by atoms with Gasteiger partial charge in [-0.2, -0.15) is 0 Å². The van der Waals surface area contributed by atoms with Crippen molar-refractivity contribution in [2.75, 3.05) is 17.7 Å². The Hall–Kier alpha value is -0.770. The van der Waals surface area contributed by atoms with Crippen molar-refractivity contribution in [2.45, 2.75) is 34.1 Å². The number of halogens is 1. The topological polar surface area (TPSA) is 51.0 Å². The van der Waals surface area contributed by atoms with E-state index in [4.69, 9.17) is 16.0 Å². The zero-order chi connectivity index (χ0) is 12.2. The maximum Gasteiger partial charge on any atom is 0.315 e. The average Bonchev–Trinajstić information content (AvgIpc) is 2.61. The van der Waals surface area contributed by atoms with Crippen molar-refractivity contribution >= 4 is 17.6 Å². The Kier molecular flexibility index (Phi) is 4.59. The molecule has 1 heterocycles. The number of rotatable bonds is 5. The van der Waals surface area contributed by atoms with Crippen molar-refractivity contribution in [1.82, 2.24) is 10.2 Å². The Morgan fingerprint density at radius 3 is 2.62 bits per heavy atom. The van der Waals surface area contributed by atoms with Gasteiger partial charge in [-0.25, -0.2) is 0 Å². The average molecular weight is 246 g/mol. The number of alkyl halides is 1. The lowest BCUT2D eigenvalue weighted by atomic mass is 9.82. The van der Waals surface area contributed by atoms with Crippen LogP contribution in [0.2, 0.25) is 0 Å². The minimum atomic E-state index is 0.270. The van der Waals surface area contributed by atoms with Gasteiger partial charge in [0.25, 0.3) is 0 Å². The fourth-order valence-electron chi connectivity index (χ4n) is 1.05. The summed E-state index contributed by atoms with van der Waals surface area (Å²) < 4.78 is 5.37. The molecule has 0 aliphatic rings. The molecular formula is C11H20ClN3O. The molecule has 1 aromatic rings. The molecule has 0 aromatic carbocycles. The fourth-order valence-corrected chi connectivity index (χ4v) is 1.22. The molecule has 1 atom stereocenters. The van der Waals surface area contributed by atoms with Crippen molar-refractivity contribution in [1.29, 1.82) is 0 Å². The Balaban J connectivity index is 2.42. The summed E-state index contributed by atoms with van der Waals surface area (Å²) >= 11 is 5.58. The minimum absolute atomic E-state index is 0.270. The molecule has 0 fully saturated rings. The van der Waals surface area contributed by atoms with Gasteiger partial charge in [0.15, 0.2) is 0 Å². The number of aryl methyl sites for hydroxylation is 1. The zero-order valence-electron chi connectivity index (χ0n) is 10.4. The summed E-state index contributed by atoms with van der Waals surface area (Å²) in [4.78, 5) is 0. The van der Waals surface area contributed by atoms with E-state index in [0.717, 1.165) is 6.54 Å². The molecule has 16 heavy (non-hydrogen) atoms. The summed E-state index contributed by atoms with van der Waals surface area (Å²) in [5, 5.41) is 10.9. The normalized spacial score (nSPS) is 13.8. The van der Waals surface area contributed by atoms with E-state index in [2.05, 4.69) is 43.2 Å². The highest BCUT2D eigenvalue weighted by Crippen LogP contribution is 2.25. The van der Waals surface area contributed by atoms with Crippen LogP contribution in [0.5, 0.6) is 0 Å². The Morgan fingerprint density at radius 1 is 1.38 bits per heavy atom. The van der Waals surface area contributed by atoms with E-state index < -0.39 is 0 Å². The van der Waals surface area contributed by atoms with Crippen LogP contribution in [0.25, 0.3) is 0 Å². The van der Waals surface area contributed by atoms with Gasteiger partial charge < -0.3 is 9.73 Å². The molecule has 0 aliphatic carbocycles. The molecule has 0 saturated heterocycles. The summed E-state index contributed by atoms with van der Waals surface area (Å²) in [6.45, 7) is 9.67. The monoisotopic (exact) mass is 245 g/mol. The summed E-state index contributed by atoms with van der Waals surface area (Å²) in [6.07, 6.45) is 0.616. The quantitative estimate of drug-likeness (QED) is 0.811. The molecule has 0 aliphatic heterocycles. The molecule has 1 aromatic heterocycles. The lowest BCUT2D eigenvalue weighted by Crippen LogP contribution is -2.24. The summed E-state index contributed by atoms with van der Waals surface area (Å²) in [5.74, 6) is 1.61. The van der Waals surface area contributed by atoms with Gasteiger partial charge in [0, 0.05) is 18.8 Å². The molecule has 0 spiro atoms. The third-order valence-corrected chi connectivity index (χ3v) is 3.00. The minimum Gasteiger partial charge on any atom is -0.408 e. The molecule has 5 heteroatoms. The van der Waals surface area contributed by atoms with Crippen LogP contribution in [0.3, 0.4) is 0 Å².